The summed E-state index contributed by atoms with van der Waals surface area (Å²) in [6.07, 6.45) is 7.70. The Morgan fingerprint density at radius 2 is 2.00 bits per heavy atom. The van der Waals surface area contributed by atoms with Crippen molar-refractivity contribution in [2.24, 2.45) is 5.92 Å². The van der Waals surface area contributed by atoms with Crippen LogP contribution in [0.2, 0.25) is 0 Å². The van der Waals surface area contributed by atoms with Crippen molar-refractivity contribution in [2.45, 2.75) is 38.6 Å². The molecule has 17 heavy (non-hydrogen) atoms. The summed E-state index contributed by atoms with van der Waals surface area (Å²) in [7, 11) is 0. The first-order chi connectivity index (χ1) is 8.34. The van der Waals surface area contributed by atoms with Crippen molar-refractivity contribution in [1.82, 2.24) is 0 Å². The summed E-state index contributed by atoms with van der Waals surface area (Å²) >= 11 is 0. The summed E-state index contributed by atoms with van der Waals surface area (Å²) in [4.78, 5) is 0. The summed E-state index contributed by atoms with van der Waals surface area (Å²) in [5, 5.41) is 0. The largest absolute Gasteiger partial charge is 0.435 e. The first-order valence-corrected chi connectivity index (χ1v) is 6.67. The Labute approximate surface area is 103 Å². The minimum absolute atomic E-state index is 0.664. The van der Waals surface area contributed by atoms with Gasteiger partial charge in [-0.25, -0.2) is 0 Å². The molecule has 2 heteroatoms. The topological polar surface area (TPSA) is 12.2 Å². The minimum atomic E-state index is 0.664. The van der Waals surface area contributed by atoms with Crippen LogP contribution in [0.4, 0.5) is 0 Å². The predicted octanol–water partition coefficient (Wildman–Crippen LogP) is 3.05. The van der Waals surface area contributed by atoms with E-state index in [-0.39, 0.29) is 0 Å². The third-order valence-electron chi connectivity index (χ3n) is 4.09. The maximum Gasteiger partial charge on any atom is 0.287 e. The Hall–Kier alpha value is -1.31. The molecule has 0 radical (unpaired) electrons. The van der Waals surface area contributed by atoms with E-state index in [9.17, 15) is 0 Å². The quantitative estimate of drug-likeness (QED) is 0.675. The second kappa shape index (κ2) is 4.52. The van der Waals surface area contributed by atoms with E-state index in [0.717, 1.165) is 11.7 Å². The van der Waals surface area contributed by atoms with Crippen LogP contribution in [0.3, 0.4) is 0 Å². The van der Waals surface area contributed by atoms with Gasteiger partial charge in [0.05, 0.1) is 5.56 Å². The number of hydrogen-bond donors (Lipinski definition) is 0. The van der Waals surface area contributed by atoms with E-state index in [2.05, 4.69) is 29.8 Å². The number of hydrogen-bond acceptors (Lipinski definition) is 1. The molecule has 1 heterocycles. The van der Waals surface area contributed by atoms with Crippen molar-refractivity contribution in [2.75, 3.05) is 6.73 Å². The summed E-state index contributed by atoms with van der Waals surface area (Å²) in [6.45, 7) is 3.09. The maximum atomic E-state index is 5.83. The van der Waals surface area contributed by atoms with Crippen molar-refractivity contribution in [1.29, 1.82) is 0 Å². The molecule has 0 bridgehead atoms. The Morgan fingerprint density at radius 1 is 1.18 bits per heavy atom. The lowest BCUT2D eigenvalue weighted by Crippen LogP contribution is -2.39. The predicted molar refractivity (Wildman–Crippen MR) is 68.8 cm³/mol. The highest BCUT2D eigenvalue weighted by Crippen LogP contribution is 2.28. The summed E-state index contributed by atoms with van der Waals surface area (Å²) in [6, 6.07) is 8.96. The lowest BCUT2D eigenvalue weighted by molar-refractivity contribution is -0.601. The first kappa shape index (κ1) is 10.8. The molecule has 1 aliphatic heterocycles. The van der Waals surface area contributed by atoms with Crippen molar-refractivity contribution in [3.63, 3.8) is 0 Å². The molecule has 2 atom stereocenters. The van der Waals surface area contributed by atoms with Gasteiger partial charge in [0, 0.05) is 12.3 Å². The molecule has 2 aliphatic rings. The van der Waals surface area contributed by atoms with E-state index >= 15 is 0 Å². The summed E-state index contributed by atoms with van der Waals surface area (Å²) in [5.41, 5.74) is 1.22. The van der Waals surface area contributed by atoms with E-state index in [1.807, 2.05) is 12.1 Å². The molecule has 3 rings (SSSR count). The lowest BCUT2D eigenvalue weighted by Gasteiger charge is -2.28. The average molecular weight is 230 g/mol. The third kappa shape index (κ3) is 2.08. The van der Waals surface area contributed by atoms with Gasteiger partial charge in [0.1, 0.15) is 5.75 Å². The molecule has 1 fully saturated rings. The highest BCUT2D eigenvalue weighted by Gasteiger charge is 2.32. The number of rotatable bonds is 1. The van der Waals surface area contributed by atoms with Gasteiger partial charge in [0.25, 0.3) is 6.73 Å². The Morgan fingerprint density at radius 3 is 2.88 bits per heavy atom. The van der Waals surface area contributed by atoms with Gasteiger partial charge in [-0.1, -0.05) is 25.5 Å². The van der Waals surface area contributed by atoms with Gasteiger partial charge in [0.15, 0.2) is 12.3 Å². The van der Waals surface area contributed by atoms with Crippen LogP contribution in [0, 0.1) is 5.92 Å². The van der Waals surface area contributed by atoms with Gasteiger partial charge in [-0.2, -0.15) is 4.58 Å². The standard InChI is InChI=1S/C15H20NO/c1-12-6-2-4-8-14(12)16-10-13-7-3-5-9-15(13)17-11-16/h3,5,7,9-10,12,14H,2,4,6,8,11H2,1H3/q+1. The van der Waals surface area contributed by atoms with Crippen molar-refractivity contribution in [3.8, 4) is 5.75 Å². The van der Waals surface area contributed by atoms with Gasteiger partial charge in [0.2, 0.25) is 0 Å². The molecule has 0 amide bonds. The molecule has 1 saturated carbocycles. The number of nitrogens with zero attached hydrogens (tertiary/aromatic N) is 1. The van der Waals surface area contributed by atoms with E-state index in [0.29, 0.717) is 12.8 Å². The highest BCUT2D eigenvalue weighted by atomic mass is 16.5. The zero-order valence-electron chi connectivity index (χ0n) is 10.4. The van der Waals surface area contributed by atoms with Crippen LogP contribution in [0.5, 0.6) is 5.75 Å². The smallest absolute Gasteiger partial charge is 0.287 e. The van der Waals surface area contributed by atoms with Crippen molar-refractivity contribution >= 4 is 6.21 Å². The van der Waals surface area contributed by atoms with Gasteiger partial charge in [-0.15, -0.1) is 0 Å². The van der Waals surface area contributed by atoms with Crippen LogP contribution in [-0.4, -0.2) is 23.6 Å². The molecular formula is C15H20NO+. The zero-order chi connectivity index (χ0) is 11.7. The van der Waals surface area contributed by atoms with Gasteiger partial charge >= 0.3 is 0 Å². The first-order valence-electron chi connectivity index (χ1n) is 6.67. The van der Waals surface area contributed by atoms with Crippen molar-refractivity contribution < 1.29 is 9.31 Å². The third-order valence-corrected chi connectivity index (χ3v) is 4.09. The minimum Gasteiger partial charge on any atom is -0.435 e. The lowest BCUT2D eigenvalue weighted by atomic mass is 9.85. The fraction of sp³-hybridized carbons (Fsp3) is 0.533. The second-order valence-corrected chi connectivity index (χ2v) is 5.28. The monoisotopic (exact) mass is 230 g/mol. The number of benzene rings is 1. The molecule has 1 aromatic rings. The highest BCUT2D eigenvalue weighted by molar-refractivity contribution is 5.80. The van der Waals surface area contributed by atoms with Crippen LogP contribution < -0.4 is 4.74 Å². The molecule has 0 aromatic heterocycles. The van der Waals surface area contributed by atoms with Gasteiger partial charge in [-0.05, 0) is 25.0 Å². The van der Waals surface area contributed by atoms with Crippen LogP contribution in [0.15, 0.2) is 24.3 Å². The Bertz CT molecular complexity index is 438. The fourth-order valence-electron chi connectivity index (χ4n) is 3.06. The fourth-order valence-corrected chi connectivity index (χ4v) is 3.06. The average Bonchev–Trinajstić information content (AvgIpc) is 2.39. The Kier molecular flexibility index (Phi) is 2.87. The molecule has 0 saturated heterocycles. The molecule has 2 unspecified atom stereocenters. The van der Waals surface area contributed by atoms with Crippen LogP contribution in [0.25, 0.3) is 0 Å². The summed E-state index contributed by atoms with van der Waals surface area (Å²) < 4.78 is 8.23. The van der Waals surface area contributed by atoms with Crippen LogP contribution in [-0.2, 0) is 0 Å². The number of fused-ring (bicyclic) bond motifs is 1. The normalized spacial score (nSPS) is 27.9. The Balaban J connectivity index is 1.88. The van der Waals surface area contributed by atoms with E-state index in [4.69, 9.17) is 4.74 Å². The van der Waals surface area contributed by atoms with Crippen LogP contribution in [0.1, 0.15) is 38.2 Å². The molecule has 0 N–H and O–H groups in total. The summed E-state index contributed by atoms with van der Waals surface area (Å²) in [5.74, 6) is 1.81. The molecule has 1 aliphatic carbocycles. The second-order valence-electron chi connectivity index (χ2n) is 5.28. The SMILES string of the molecule is CC1CCCCC1[N+]1=Cc2ccccc2OC1. The van der Waals surface area contributed by atoms with Crippen LogP contribution >= 0.6 is 0 Å². The zero-order valence-corrected chi connectivity index (χ0v) is 10.4. The van der Waals surface area contributed by atoms with Gasteiger partial charge < -0.3 is 4.74 Å². The molecular weight excluding hydrogens is 210 g/mol. The molecule has 0 spiro atoms. The van der Waals surface area contributed by atoms with Gasteiger partial charge in [-0.3, -0.25) is 0 Å². The van der Waals surface area contributed by atoms with E-state index in [1.165, 1.54) is 31.2 Å². The molecule has 2 nitrogen and oxygen atoms in total. The number of ether oxygens (including phenoxy) is 1. The van der Waals surface area contributed by atoms with E-state index < -0.39 is 0 Å². The molecule has 90 valence electrons. The molecule has 1 aromatic carbocycles. The number of para-hydroxylation sites is 1. The van der Waals surface area contributed by atoms with Crippen molar-refractivity contribution in [3.05, 3.63) is 29.8 Å². The van der Waals surface area contributed by atoms with E-state index in [1.54, 1.807) is 0 Å². The maximum absolute atomic E-state index is 5.83.